The molecule has 0 amide bonds. The Kier molecular flexibility index (Phi) is 9.82. The molecular weight excluding hydrogens is 525 g/mol. The molecule has 0 radical (unpaired) electrons. The highest BCUT2D eigenvalue weighted by Crippen LogP contribution is 2.24. The maximum Gasteiger partial charge on any atom is 0.194 e. The number of halogens is 1. The Bertz CT molecular complexity index is 915. The lowest BCUT2D eigenvalue weighted by atomic mass is 10.1. The molecule has 1 aromatic heterocycles. The van der Waals surface area contributed by atoms with Gasteiger partial charge in [-0.15, -0.1) is 34.2 Å². The summed E-state index contributed by atoms with van der Waals surface area (Å²) in [5.41, 5.74) is 4.14. The van der Waals surface area contributed by atoms with Crippen molar-refractivity contribution in [1.82, 2.24) is 25.0 Å². The van der Waals surface area contributed by atoms with Gasteiger partial charge in [0.2, 0.25) is 0 Å². The van der Waals surface area contributed by atoms with E-state index in [1.165, 1.54) is 41.9 Å². The zero-order valence-electron chi connectivity index (χ0n) is 20.5. The Morgan fingerprint density at radius 2 is 1.85 bits per heavy atom. The zero-order chi connectivity index (χ0) is 22.3. The second-order valence-electron chi connectivity index (χ2n) is 9.03. The predicted molar refractivity (Wildman–Crippen MR) is 147 cm³/mol. The number of nitrogens with zero attached hydrogens (tertiary/aromatic N) is 6. The quantitative estimate of drug-likeness (QED) is 0.249. The highest BCUT2D eigenvalue weighted by Gasteiger charge is 2.21. The minimum Gasteiger partial charge on any atom is -0.368 e. The third-order valence-electron chi connectivity index (χ3n) is 6.84. The van der Waals surface area contributed by atoms with Gasteiger partial charge in [0.1, 0.15) is 11.6 Å². The molecular formula is C25H40IN7. The minimum atomic E-state index is 0. The number of guanidine groups is 1. The molecule has 2 aliphatic heterocycles. The van der Waals surface area contributed by atoms with Crippen LogP contribution in [-0.2, 0) is 19.4 Å². The second-order valence-corrected chi connectivity index (χ2v) is 9.03. The molecule has 4 rings (SSSR count). The van der Waals surface area contributed by atoms with Crippen LogP contribution < -0.4 is 10.2 Å². The SMILES string of the molecule is CCNC(=NCCCc1nnc2n1CCCCC2)N1CCN(c2cccc(C)c2C)CC1.I. The van der Waals surface area contributed by atoms with E-state index in [9.17, 15) is 0 Å². The van der Waals surface area contributed by atoms with Gasteiger partial charge in [0.05, 0.1) is 0 Å². The van der Waals surface area contributed by atoms with Gasteiger partial charge in [-0.25, -0.2) is 0 Å². The van der Waals surface area contributed by atoms with Crippen LogP contribution >= 0.6 is 24.0 Å². The topological polar surface area (TPSA) is 61.6 Å². The smallest absolute Gasteiger partial charge is 0.194 e. The van der Waals surface area contributed by atoms with Crippen LogP contribution in [-0.4, -0.2) is 64.9 Å². The van der Waals surface area contributed by atoms with Crippen molar-refractivity contribution in [3.05, 3.63) is 41.0 Å². The van der Waals surface area contributed by atoms with E-state index in [2.05, 4.69) is 68.9 Å². The maximum absolute atomic E-state index is 4.95. The Morgan fingerprint density at radius 1 is 1.03 bits per heavy atom. The molecule has 8 heteroatoms. The van der Waals surface area contributed by atoms with E-state index < -0.39 is 0 Å². The van der Waals surface area contributed by atoms with E-state index in [0.717, 1.165) is 76.9 Å². The molecule has 0 aliphatic carbocycles. The van der Waals surface area contributed by atoms with Crippen LogP contribution in [0.15, 0.2) is 23.2 Å². The van der Waals surface area contributed by atoms with Crippen LogP contribution in [0.5, 0.6) is 0 Å². The summed E-state index contributed by atoms with van der Waals surface area (Å²) in [5.74, 6) is 3.37. The Labute approximate surface area is 216 Å². The summed E-state index contributed by atoms with van der Waals surface area (Å²) in [6.45, 7) is 13.4. The summed E-state index contributed by atoms with van der Waals surface area (Å²) in [6.07, 6.45) is 6.82. The number of nitrogens with one attached hydrogen (secondary N) is 1. The largest absolute Gasteiger partial charge is 0.368 e. The number of aliphatic imine (C=N–C) groups is 1. The van der Waals surface area contributed by atoms with Crippen LogP contribution in [0.2, 0.25) is 0 Å². The van der Waals surface area contributed by atoms with Crippen molar-refractivity contribution in [2.45, 2.75) is 65.8 Å². The Hall–Kier alpha value is -1.84. The van der Waals surface area contributed by atoms with Crippen LogP contribution in [0.1, 0.15) is 55.4 Å². The van der Waals surface area contributed by atoms with Crippen molar-refractivity contribution in [1.29, 1.82) is 0 Å². The normalized spacial score (nSPS) is 16.8. The molecule has 3 heterocycles. The van der Waals surface area contributed by atoms with Crippen molar-refractivity contribution in [3.63, 3.8) is 0 Å². The number of benzene rings is 1. The predicted octanol–water partition coefficient (Wildman–Crippen LogP) is 3.96. The van der Waals surface area contributed by atoms with Gasteiger partial charge in [-0.2, -0.15) is 0 Å². The molecule has 33 heavy (non-hydrogen) atoms. The standard InChI is InChI=1S/C25H39N7.HI/c1-4-26-25(27-14-9-13-24-29-28-23-12-6-5-7-15-32(23)24)31-18-16-30(17-19-31)22-11-8-10-20(2)21(22)3;/h8,10-11H,4-7,9,12-19H2,1-3H3,(H,26,27);1H. The summed E-state index contributed by atoms with van der Waals surface area (Å²) < 4.78 is 2.36. The number of aromatic nitrogens is 3. The fourth-order valence-corrected chi connectivity index (χ4v) is 4.82. The first-order chi connectivity index (χ1) is 15.7. The molecule has 0 bridgehead atoms. The Morgan fingerprint density at radius 3 is 2.64 bits per heavy atom. The number of rotatable bonds is 6. The van der Waals surface area contributed by atoms with Gasteiger partial charge in [0.25, 0.3) is 0 Å². The highest BCUT2D eigenvalue weighted by molar-refractivity contribution is 14.0. The third-order valence-corrected chi connectivity index (χ3v) is 6.84. The maximum atomic E-state index is 4.95. The fourth-order valence-electron chi connectivity index (χ4n) is 4.82. The summed E-state index contributed by atoms with van der Waals surface area (Å²) in [7, 11) is 0. The van der Waals surface area contributed by atoms with Crippen LogP contribution in [0, 0.1) is 13.8 Å². The van der Waals surface area contributed by atoms with E-state index in [0.29, 0.717) is 0 Å². The molecule has 0 unspecified atom stereocenters. The average Bonchev–Trinajstić information content (AvgIpc) is 3.03. The van der Waals surface area contributed by atoms with Crippen molar-refractivity contribution in [2.75, 3.05) is 44.2 Å². The number of aryl methyl sites for hydroxylation is 3. The first-order valence-corrected chi connectivity index (χ1v) is 12.4. The summed E-state index contributed by atoms with van der Waals surface area (Å²) >= 11 is 0. The van der Waals surface area contributed by atoms with Crippen LogP contribution in [0.4, 0.5) is 5.69 Å². The van der Waals surface area contributed by atoms with Gasteiger partial charge in [-0.05, 0) is 57.2 Å². The molecule has 2 aliphatic rings. The van der Waals surface area contributed by atoms with E-state index in [1.807, 2.05) is 0 Å². The Balaban J connectivity index is 0.00000306. The lowest BCUT2D eigenvalue weighted by molar-refractivity contribution is 0.372. The molecule has 0 atom stereocenters. The number of piperazine rings is 1. The van der Waals surface area contributed by atoms with E-state index in [-0.39, 0.29) is 24.0 Å². The molecule has 7 nitrogen and oxygen atoms in total. The molecule has 182 valence electrons. The molecule has 0 saturated carbocycles. The number of hydrogen-bond donors (Lipinski definition) is 1. The van der Waals surface area contributed by atoms with Gasteiger partial charge in [-0.3, -0.25) is 4.99 Å². The second kappa shape index (κ2) is 12.6. The average molecular weight is 566 g/mol. The first-order valence-electron chi connectivity index (χ1n) is 12.4. The number of hydrogen-bond acceptors (Lipinski definition) is 4. The molecule has 1 aromatic carbocycles. The molecule has 1 saturated heterocycles. The van der Waals surface area contributed by atoms with Gasteiger partial charge < -0.3 is 19.7 Å². The van der Waals surface area contributed by atoms with Crippen molar-refractivity contribution >= 4 is 35.6 Å². The van der Waals surface area contributed by atoms with Gasteiger partial charge in [-0.1, -0.05) is 18.6 Å². The summed E-state index contributed by atoms with van der Waals surface area (Å²) in [4.78, 5) is 9.88. The number of fused-ring (bicyclic) bond motifs is 1. The monoisotopic (exact) mass is 565 g/mol. The van der Waals surface area contributed by atoms with Crippen LogP contribution in [0.3, 0.4) is 0 Å². The fraction of sp³-hybridized carbons (Fsp3) is 0.640. The van der Waals surface area contributed by atoms with Crippen molar-refractivity contribution < 1.29 is 0 Å². The molecule has 2 aromatic rings. The summed E-state index contributed by atoms with van der Waals surface area (Å²) in [6, 6.07) is 6.62. The lowest BCUT2D eigenvalue weighted by Gasteiger charge is -2.38. The van der Waals surface area contributed by atoms with Gasteiger partial charge >= 0.3 is 0 Å². The zero-order valence-corrected chi connectivity index (χ0v) is 22.8. The number of anilines is 1. The minimum absolute atomic E-state index is 0. The highest BCUT2D eigenvalue weighted by atomic mass is 127. The summed E-state index contributed by atoms with van der Waals surface area (Å²) in [5, 5.41) is 12.4. The van der Waals surface area contributed by atoms with Crippen molar-refractivity contribution in [3.8, 4) is 0 Å². The van der Waals surface area contributed by atoms with E-state index in [1.54, 1.807) is 0 Å². The van der Waals surface area contributed by atoms with Crippen LogP contribution in [0.25, 0.3) is 0 Å². The van der Waals surface area contributed by atoms with Gasteiger partial charge in [0.15, 0.2) is 5.96 Å². The third kappa shape index (κ3) is 6.39. The molecule has 1 N–H and O–H groups in total. The molecule has 1 fully saturated rings. The van der Waals surface area contributed by atoms with E-state index >= 15 is 0 Å². The van der Waals surface area contributed by atoms with Gasteiger partial charge in [0, 0.05) is 64.3 Å². The first kappa shape index (κ1) is 25.8. The lowest BCUT2D eigenvalue weighted by Crippen LogP contribution is -2.52. The van der Waals surface area contributed by atoms with Crippen molar-refractivity contribution in [2.24, 2.45) is 4.99 Å². The molecule has 0 spiro atoms. The van der Waals surface area contributed by atoms with E-state index in [4.69, 9.17) is 4.99 Å².